The Hall–Kier alpha value is -1.59. The van der Waals surface area contributed by atoms with E-state index in [-0.39, 0.29) is 17.9 Å². The van der Waals surface area contributed by atoms with Crippen LogP contribution >= 0.6 is 11.6 Å². The van der Waals surface area contributed by atoms with Crippen LogP contribution in [0.15, 0.2) is 24.3 Å². The fraction of sp³-hybridized carbons (Fsp3) is 0.385. The number of quaternary nitrogens is 1. The first kappa shape index (κ1) is 13.8. The lowest BCUT2D eigenvalue weighted by Crippen LogP contribution is -3.19. The number of halogens is 1. The molecule has 1 unspecified atom stereocenters. The SMILES string of the molecule is C[C@H](C(=O)Nc1cccc(Cl)c1)[NH+]1CCNC(=O)C1. The van der Waals surface area contributed by atoms with E-state index in [4.69, 9.17) is 11.6 Å². The summed E-state index contributed by atoms with van der Waals surface area (Å²) in [5.41, 5.74) is 0.671. The van der Waals surface area contributed by atoms with Crippen LogP contribution < -0.4 is 15.5 Å². The number of nitrogens with one attached hydrogen (secondary N) is 3. The number of hydrogen-bond acceptors (Lipinski definition) is 2. The summed E-state index contributed by atoms with van der Waals surface area (Å²) in [4.78, 5) is 24.4. The van der Waals surface area contributed by atoms with Crippen molar-refractivity contribution in [2.24, 2.45) is 0 Å². The molecule has 1 aliphatic heterocycles. The molecule has 0 radical (unpaired) electrons. The monoisotopic (exact) mass is 282 g/mol. The van der Waals surface area contributed by atoms with E-state index in [1.165, 1.54) is 0 Å². The molecular weight excluding hydrogens is 266 g/mol. The maximum atomic E-state index is 12.1. The van der Waals surface area contributed by atoms with Crippen LogP contribution in [0.1, 0.15) is 6.92 Å². The van der Waals surface area contributed by atoms with Gasteiger partial charge < -0.3 is 15.5 Å². The molecule has 6 heteroatoms. The minimum atomic E-state index is -0.273. The van der Waals surface area contributed by atoms with Crippen molar-refractivity contribution in [3.63, 3.8) is 0 Å². The first-order chi connectivity index (χ1) is 9.06. The van der Waals surface area contributed by atoms with Crippen LogP contribution in [0, 0.1) is 0 Å². The molecule has 2 atom stereocenters. The number of carbonyl (C=O) groups excluding carboxylic acids is 2. The Morgan fingerprint density at radius 3 is 3.00 bits per heavy atom. The van der Waals surface area contributed by atoms with Gasteiger partial charge in [0.05, 0.1) is 13.1 Å². The second-order valence-corrected chi connectivity index (χ2v) is 5.09. The fourth-order valence-electron chi connectivity index (χ4n) is 2.09. The number of amides is 2. The summed E-state index contributed by atoms with van der Waals surface area (Å²) in [5.74, 6) is -0.115. The van der Waals surface area contributed by atoms with E-state index in [1.807, 2.05) is 6.92 Å². The van der Waals surface area contributed by atoms with Gasteiger partial charge in [0.25, 0.3) is 11.8 Å². The third kappa shape index (κ3) is 3.68. The van der Waals surface area contributed by atoms with Crippen LogP contribution in [0.3, 0.4) is 0 Å². The molecule has 19 heavy (non-hydrogen) atoms. The van der Waals surface area contributed by atoms with Crippen molar-refractivity contribution < 1.29 is 14.5 Å². The van der Waals surface area contributed by atoms with E-state index in [0.29, 0.717) is 23.8 Å². The molecular formula is C13H17ClN3O2+. The van der Waals surface area contributed by atoms with Gasteiger partial charge in [-0.15, -0.1) is 0 Å². The van der Waals surface area contributed by atoms with Gasteiger partial charge in [0.2, 0.25) is 0 Å². The third-order valence-electron chi connectivity index (χ3n) is 3.25. The first-order valence-corrected chi connectivity index (χ1v) is 6.62. The predicted molar refractivity (Wildman–Crippen MR) is 73.3 cm³/mol. The highest BCUT2D eigenvalue weighted by atomic mass is 35.5. The summed E-state index contributed by atoms with van der Waals surface area (Å²) in [7, 11) is 0. The van der Waals surface area contributed by atoms with Gasteiger partial charge >= 0.3 is 0 Å². The molecule has 0 spiro atoms. The van der Waals surface area contributed by atoms with E-state index >= 15 is 0 Å². The van der Waals surface area contributed by atoms with Crippen molar-refractivity contribution in [3.05, 3.63) is 29.3 Å². The lowest BCUT2D eigenvalue weighted by atomic mass is 10.2. The van der Waals surface area contributed by atoms with Crippen molar-refractivity contribution >= 4 is 29.1 Å². The van der Waals surface area contributed by atoms with E-state index in [9.17, 15) is 9.59 Å². The van der Waals surface area contributed by atoms with Gasteiger partial charge in [-0.25, -0.2) is 0 Å². The number of carbonyl (C=O) groups is 2. The number of anilines is 1. The minimum absolute atomic E-state index is 0.0105. The maximum absolute atomic E-state index is 12.1. The molecule has 1 aliphatic rings. The fourth-order valence-corrected chi connectivity index (χ4v) is 2.28. The first-order valence-electron chi connectivity index (χ1n) is 6.24. The minimum Gasteiger partial charge on any atom is -0.346 e. The highest BCUT2D eigenvalue weighted by Crippen LogP contribution is 2.14. The zero-order valence-electron chi connectivity index (χ0n) is 10.7. The lowest BCUT2D eigenvalue weighted by Gasteiger charge is -2.28. The second-order valence-electron chi connectivity index (χ2n) is 4.66. The molecule has 2 rings (SSSR count). The molecule has 2 amide bonds. The number of hydrogen-bond donors (Lipinski definition) is 3. The second kappa shape index (κ2) is 6.04. The average molecular weight is 283 g/mol. The molecule has 1 heterocycles. The highest BCUT2D eigenvalue weighted by molar-refractivity contribution is 6.30. The van der Waals surface area contributed by atoms with Crippen molar-refractivity contribution in [2.45, 2.75) is 13.0 Å². The summed E-state index contributed by atoms with van der Waals surface area (Å²) in [6, 6.07) is 6.74. The average Bonchev–Trinajstić information content (AvgIpc) is 2.38. The largest absolute Gasteiger partial charge is 0.346 e. The molecule has 0 aromatic heterocycles. The van der Waals surface area contributed by atoms with Gasteiger partial charge in [-0.1, -0.05) is 17.7 Å². The van der Waals surface area contributed by atoms with Gasteiger partial charge in [0, 0.05) is 10.7 Å². The van der Waals surface area contributed by atoms with Gasteiger partial charge in [-0.2, -0.15) is 0 Å². The Labute approximate surface area is 116 Å². The van der Waals surface area contributed by atoms with Crippen molar-refractivity contribution in [1.82, 2.24) is 5.32 Å². The van der Waals surface area contributed by atoms with Gasteiger partial charge in [0.1, 0.15) is 0 Å². The van der Waals surface area contributed by atoms with Crippen molar-refractivity contribution in [3.8, 4) is 0 Å². The topological polar surface area (TPSA) is 62.6 Å². The molecule has 1 fully saturated rings. The molecule has 3 N–H and O–H groups in total. The molecule has 102 valence electrons. The smallest absolute Gasteiger partial charge is 0.282 e. The van der Waals surface area contributed by atoms with Crippen molar-refractivity contribution in [1.29, 1.82) is 0 Å². The van der Waals surface area contributed by atoms with Gasteiger partial charge in [-0.3, -0.25) is 9.59 Å². The van der Waals surface area contributed by atoms with Gasteiger partial charge in [-0.05, 0) is 25.1 Å². The number of piperazine rings is 1. The van der Waals surface area contributed by atoms with Crippen LogP contribution in [0.4, 0.5) is 5.69 Å². The summed E-state index contributed by atoms with van der Waals surface area (Å²) in [6.07, 6.45) is 0. The molecule has 1 aromatic rings. The summed E-state index contributed by atoms with van der Waals surface area (Å²) in [6.45, 7) is 3.54. The van der Waals surface area contributed by atoms with Gasteiger partial charge in [0.15, 0.2) is 12.6 Å². The van der Waals surface area contributed by atoms with Crippen LogP contribution in [-0.2, 0) is 9.59 Å². The van der Waals surface area contributed by atoms with Crippen LogP contribution in [0.2, 0.25) is 5.02 Å². The molecule has 1 saturated heterocycles. The van der Waals surface area contributed by atoms with Crippen LogP contribution in [0.5, 0.6) is 0 Å². The molecule has 0 bridgehead atoms. The molecule has 0 aliphatic carbocycles. The summed E-state index contributed by atoms with van der Waals surface area (Å²) < 4.78 is 0. The number of rotatable bonds is 3. The Kier molecular flexibility index (Phi) is 4.39. The predicted octanol–water partition coefficient (Wildman–Crippen LogP) is -0.318. The Balaban J connectivity index is 1.97. The Bertz CT molecular complexity index is 493. The van der Waals surface area contributed by atoms with Crippen LogP contribution in [-0.4, -0.2) is 37.5 Å². The Morgan fingerprint density at radius 2 is 2.32 bits per heavy atom. The third-order valence-corrected chi connectivity index (χ3v) is 3.49. The zero-order valence-corrected chi connectivity index (χ0v) is 11.5. The van der Waals surface area contributed by atoms with E-state index in [1.54, 1.807) is 24.3 Å². The highest BCUT2D eigenvalue weighted by Gasteiger charge is 2.29. The van der Waals surface area contributed by atoms with E-state index in [2.05, 4.69) is 10.6 Å². The van der Waals surface area contributed by atoms with Crippen LogP contribution in [0.25, 0.3) is 0 Å². The van der Waals surface area contributed by atoms with Crippen molar-refractivity contribution in [2.75, 3.05) is 25.0 Å². The quantitative estimate of drug-likeness (QED) is 0.712. The zero-order chi connectivity index (χ0) is 13.8. The van der Waals surface area contributed by atoms with E-state index < -0.39 is 0 Å². The summed E-state index contributed by atoms with van der Waals surface area (Å²) in [5, 5.41) is 6.15. The van der Waals surface area contributed by atoms with E-state index in [0.717, 1.165) is 11.4 Å². The normalized spacial score (nSPS) is 20.5. The molecule has 0 saturated carbocycles. The Morgan fingerprint density at radius 1 is 1.53 bits per heavy atom. The molecule has 1 aromatic carbocycles. The summed E-state index contributed by atoms with van der Waals surface area (Å²) >= 11 is 5.87. The number of benzene rings is 1. The standard InChI is InChI=1S/C13H16ClN3O2/c1-9(17-6-5-15-12(18)8-17)13(19)16-11-4-2-3-10(14)7-11/h2-4,7,9H,5-6,8H2,1H3,(H,15,18)(H,16,19)/p+1/t9-/m1/s1. The maximum Gasteiger partial charge on any atom is 0.282 e. The molecule has 5 nitrogen and oxygen atoms in total. The lowest BCUT2D eigenvalue weighted by molar-refractivity contribution is -0.907.